The van der Waals surface area contributed by atoms with E-state index < -0.39 is 0 Å². The molecule has 0 fully saturated rings. The lowest BCUT2D eigenvalue weighted by molar-refractivity contribution is 0.767. The topological polar surface area (TPSA) is 41.6 Å². The molecule has 3 nitrogen and oxygen atoms in total. The third-order valence-electron chi connectivity index (χ3n) is 3.94. The lowest BCUT2D eigenvalue weighted by Gasteiger charge is -2.28. The Kier molecular flexibility index (Phi) is 3.60. The van der Waals surface area contributed by atoms with Crippen LogP contribution in [0, 0.1) is 13.8 Å². The van der Waals surface area contributed by atoms with Gasteiger partial charge in [-0.15, -0.1) is 0 Å². The van der Waals surface area contributed by atoms with Crippen molar-refractivity contribution in [3.05, 3.63) is 64.2 Å². The van der Waals surface area contributed by atoms with Crippen LogP contribution in [-0.2, 0) is 0 Å². The molecule has 4 heteroatoms. The highest BCUT2D eigenvalue weighted by molar-refractivity contribution is 6.31. The van der Waals surface area contributed by atoms with Gasteiger partial charge in [-0.1, -0.05) is 41.9 Å². The van der Waals surface area contributed by atoms with Crippen molar-refractivity contribution in [1.82, 2.24) is 0 Å². The average molecular weight is 300 g/mol. The number of benzene rings is 2. The third kappa shape index (κ3) is 2.49. The number of anilines is 1. The van der Waals surface area contributed by atoms with Crippen LogP contribution in [0.5, 0.6) is 0 Å². The van der Waals surface area contributed by atoms with E-state index in [9.17, 15) is 0 Å². The Morgan fingerprint density at radius 3 is 2.62 bits per heavy atom. The molecule has 0 bridgehead atoms. The molecule has 1 heterocycles. The van der Waals surface area contributed by atoms with Crippen molar-refractivity contribution in [3.8, 4) is 0 Å². The van der Waals surface area contributed by atoms with E-state index in [1.54, 1.807) is 0 Å². The smallest absolute Gasteiger partial charge is 0.196 e. The van der Waals surface area contributed by atoms with Crippen LogP contribution < -0.4 is 10.6 Å². The van der Waals surface area contributed by atoms with Gasteiger partial charge in [-0.2, -0.15) is 0 Å². The summed E-state index contributed by atoms with van der Waals surface area (Å²) >= 11 is 6.27. The SMILES string of the molecule is Cc1ccc(C2CN=C(N)N2c2ccccc2C)cc1Cl. The van der Waals surface area contributed by atoms with Gasteiger partial charge < -0.3 is 10.6 Å². The Morgan fingerprint density at radius 1 is 1.14 bits per heavy atom. The van der Waals surface area contributed by atoms with Gasteiger partial charge >= 0.3 is 0 Å². The van der Waals surface area contributed by atoms with E-state index in [1.165, 1.54) is 5.56 Å². The van der Waals surface area contributed by atoms with Gasteiger partial charge in [0.25, 0.3) is 0 Å². The van der Waals surface area contributed by atoms with Crippen molar-refractivity contribution >= 4 is 23.2 Å². The summed E-state index contributed by atoms with van der Waals surface area (Å²) < 4.78 is 0. The molecule has 1 aliphatic rings. The minimum atomic E-state index is 0.101. The highest BCUT2D eigenvalue weighted by atomic mass is 35.5. The van der Waals surface area contributed by atoms with Gasteiger partial charge in [0.1, 0.15) is 0 Å². The molecule has 21 heavy (non-hydrogen) atoms. The van der Waals surface area contributed by atoms with Gasteiger partial charge in [0, 0.05) is 10.7 Å². The summed E-state index contributed by atoms with van der Waals surface area (Å²) in [5.41, 5.74) is 10.6. The number of hydrogen-bond donors (Lipinski definition) is 1. The van der Waals surface area contributed by atoms with Crippen molar-refractivity contribution in [1.29, 1.82) is 0 Å². The maximum absolute atomic E-state index is 6.27. The Hall–Kier alpha value is -2.00. The first-order valence-electron chi connectivity index (χ1n) is 6.99. The van der Waals surface area contributed by atoms with E-state index in [-0.39, 0.29) is 6.04 Å². The van der Waals surface area contributed by atoms with Crippen LogP contribution >= 0.6 is 11.6 Å². The monoisotopic (exact) mass is 299 g/mol. The first-order chi connectivity index (χ1) is 10.1. The molecule has 0 radical (unpaired) electrons. The molecule has 1 unspecified atom stereocenters. The average Bonchev–Trinajstić information content (AvgIpc) is 2.84. The molecule has 0 aromatic heterocycles. The number of nitrogens with two attached hydrogens (primary N) is 1. The number of halogens is 1. The fraction of sp³-hybridized carbons (Fsp3) is 0.235. The second-order valence-corrected chi connectivity index (χ2v) is 5.79. The van der Waals surface area contributed by atoms with Crippen molar-refractivity contribution in [2.75, 3.05) is 11.4 Å². The van der Waals surface area contributed by atoms with Gasteiger partial charge in [0.2, 0.25) is 0 Å². The minimum absolute atomic E-state index is 0.101. The molecule has 108 valence electrons. The molecular weight excluding hydrogens is 282 g/mol. The molecule has 1 aliphatic heterocycles. The quantitative estimate of drug-likeness (QED) is 0.915. The van der Waals surface area contributed by atoms with Gasteiger partial charge in [-0.25, -0.2) is 0 Å². The second-order valence-electron chi connectivity index (χ2n) is 5.38. The predicted molar refractivity (Wildman–Crippen MR) is 89.1 cm³/mol. The Morgan fingerprint density at radius 2 is 1.90 bits per heavy atom. The molecule has 0 amide bonds. The van der Waals surface area contributed by atoms with Crippen LogP contribution in [0.2, 0.25) is 5.02 Å². The van der Waals surface area contributed by atoms with Gasteiger partial charge in [0.15, 0.2) is 5.96 Å². The van der Waals surface area contributed by atoms with E-state index in [1.807, 2.05) is 31.2 Å². The maximum atomic E-state index is 6.27. The summed E-state index contributed by atoms with van der Waals surface area (Å²) in [6.45, 7) is 4.74. The number of aliphatic imine (C=N–C) groups is 1. The lowest BCUT2D eigenvalue weighted by atomic mass is 10.0. The Bertz CT molecular complexity index is 709. The number of rotatable bonds is 2. The first-order valence-corrected chi connectivity index (χ1v) is 7.36. The number of guanidine groups is 1. The Balaban J connectivity index is 2.03. The molecular formula is C17H18ClN3. The molecule has 2 N–H and O–H groups in total. The molecule has 2 aromatic carbocycles. The van der Waals surface area contributed by atoms with E-state index in [0.29, 0.717) is 12.5 Å². The fourth-order valence-corrected chi connectivity index (χ4v) is 2.88. The van der Waals surface area contributed by atoms with E-state index >= 15 is 0 Å². The van der Waals surface area contributed by atoms with Crippen molar-refractivity contribution in [2.45, 2.75) is 19.9 Å². The molecule has 0 aliphatic carbocycles. The largest absolute Gasteiger partial charge is 0.369 e. The van der Waals surface area contributed by atoms with Crippen LogP contribution in [0.15, 0.2) is 47.5 Å². The molecule has 1 atom stereocenters. The zero-order chi connectivity index (χ0) is 15.0. The second kappa shape index (κ2) is 5.41. The maximum Gasteiger partial charge on any atom is 0.196 e. The van der Waals surface area contributed by atoms with Gasteiger partial charge in [-0.05, 0) is 42.7 Å². The summed E-state index contributed by atoms with van der Waals surface area (Å²) in [5.74, 6) is 0.561. The van der Waals surface area contributed by atoms with Crippen LogP contribution in [-0.4, -0.2) is 12.5 Å². The number of para-hydroxylation sites is 1. The molecule has 0 saturated carbocycles. The highest BCUT2D eigenvalue weighted by Gasteiger charge is 2.29. The predicted octanol–water partition coefficient (Wildman–Crippen LogP) is 3.83. The number of nitrogens with zero attached hydrogens (tertiary/aromatic N) is 2. The molecule has 2 aromatic rings. The Labute approximate surface area is 130 Å². The lowest BCUT2D eigenvalue weighted by Crippen LogP contribution is -2.36. The summed E-state index contributed by atoms with van der Waals surface area (Å²) in [5, 5.41) is 0.780. The first kappa shape index (κ1) is 14.0. The van der Waals surface area contributed by atoms with Gasteiger partial charge in [-0.3, -0.25) is 4.99 Å². The van der Waals surface area contributed by atoms with Crippen LogP contribution in [0.1, 0.15) is 22.7 Å². The van der Waals surface area contributed by atoms with Gasteiger partial charge in [0.05, 0.1) is 12.6 Å². The summed E-state index contributed by atoms with van der Waals surface area (Å²) in [6.07, 6.45) is 0. The molecule has 0 spiro atoms. The van der Waals surface area contributed by atoms with Crippen LogP contribution in [0.4, 0.5) is 5.69 Å². The van der Waals surface area contributed by atoms with Crippen molar-refractivity contribution in [3.63, 3.8) is 0 Å². The normalized spacial score (nSPS) is 18.0. The third-order valence-corrected chi connectivity index (χ3v) is 4.35. The fourth-order valence-electron chi connectivity index (χ4n) is 2.69. The van der Waals surface area contributed by atoms with Crippen LogP contribution in [0.25, 0.3) is 0 Å². The van der Waals surface area contributed by atoms with E-state index in [2.05, 4.69) is 35.0 Å². The van der Waals surface area contributed by atoms with E-state index in [4.69, 9.17) is 17.3 Å². The van der Waals surface area contributed by atoms with Crippen molar-refractivity contribution in [2.24, 2.45) is 10.7 Å². The summed E-state index contributed by atoms with van der Waals surface area (Å²) in [4.78, 5) is 6.52. The number of aryl methyl sites for hydroxylation is 2. The standard InChI is InChI=1S/C17H18ClN3/c1-11-7-8-13(9-14(11)18)16-10-20-17(19)21(16)15-6-4-3-5-12(15)2/h3-9,16H,10H2,1-2H3,(H2,19,20). The zero-order valence-corrected chi connectivity index (χ0v) is 12.9. The molecule has 3 rings (SSSR count). The summed E-state index contributed by atoms with van der Waals surface area (Å²) in [7, 11) is 0. The zero-order valence-electron chi connectivity index (χ0n) is 12.2. The minimum Gasteiger partial charge on any atom is -0.369 e. The highest BCUT2D eigenvalue weighted by Crippen LogP contribution is 2.34. The van der Waals surface area contributed by atoms with Crippen molar-refractivity contribution < 1.29 is 0 Å². The summed E-state index contributed by atoms with van der Waals surface area (Å²) in [6, 6.07) is 14.5. The number of hydrogen-bond acceptors (Lipinski definition) is 3. The van der Waals surface area contributed by atoms with E-state index in [0.717, 1.165) is 21.8 Å². The van der Waals surface area contributed by atoms with Crippen LogP contribution in [0.3, 0.4) is 0 Å². The molecule has 0 saturated heterocycles.